The number of nitrogens with one attached hydrogen (secondary N) is 4. The topological polar surface area (TPSA) is 112 Å². The van der Waals surface area contributed by atoms with E-state index in [0.717, 1.165) is 28.5 Å². The zero-order valence-electron chi connectivity index (χ0n) is 17.1. The molecule has 0 fully saturated rings. The number of hydrogen-bond acceptors (Lipinski definition) is 6. The van der Waals surface area contributed by atoms with Crippen molar-refractivity contribution in [1.29, 1.82) is 0 Å². The molecular formula is C20H24N8OS. The molecule has 0 atom stereocenters. The lowest BCUT2D eigenvalue weighted by atomic mass is 10.3. The first-order valence-electron chi connectivity index (χ1n) is 9.35. The second kappa shape index (κ2) is 10.3. The third kappa shape index (κ3) is 6.52. The molecule has 4 N–H and O–H groups in total. The number of aromatic amines is 1. The number of thiocarbonyl (C=S) groups is 1. The van der Waals surface area contributed by atoms with Crippen molar-refractivity contribution in [2.45, 2.75) is 20.3 Å². The first kappa shape index (κ1) is 21.2. The minimum atomic E-state index is 0.375. The largest absolute Gasteiger partial charge is 0.497 e. The highest BCUT2D eigenvalue weighted by molar-refractivity contribution is 7.80. The Bertz CT molecular complexity index is 999. The number of ether oxygens (including phenoxy) is 1. The highest BCUT2D eigenvalue weighted by atomic mass is 32.1. The summed E-state index contributed by atoms with van der Waals surface area (Å²) < 4.78 is 5.24. The van der Waals surface area contributed by atoms with Crippen LogP contribution in [-0.4, -0.2) is 44.7 Å². The Kier molecular flexibility index (Phi) is 7.28. The van der Waals surface area contributed by atoms with Gasteiger partial charge in [-0.25, -0.2) is 15.0 Å². The molecule has 3 aromatic rings. The summed E-state index contributed by atoms with van der Waals surface area (Å²) in [4.78, 5) is 20.5. The van der Waals surface area contributed by atoms with Crippen molar-refractivity contribution in [2.75, 3.05) is 24.3 Å². The Morgan fingerprint density at radius 2 is 1.97 bits per heavy atom. The molecule has 30 heavy (non-hydrogen) atoms. The second-order valence-corrected chi connectivity index (χ2v) is 6.88. The molecule has 0 amide bonds. The van der Waals surface area contributed by atoms with Crippen molar-refractivity contribution in [3.63, 3.8) is 0 Å². The normalized spacial score (nSPS) is 11.1. The molecule has 2 heterocycles. The van der Waals surface area contributed by atoms with Gasteiger partial charge in [0.05, 0.1) is 13.4 Å². The summed E-state index contributed by atoms with van der Waals surface area (Å²) in [6.45, 7) is 4.35. The molecule has 3 rings (SSSR count). The van der Waals surface area contributed by atoms with Gasteiger partial charge >= 0.3 is 0 Å². The minimum Gasteiger partial charge on any atom is -0.497 e. The van der Waals surface area contributed by atoms with Crippen molar-refractivity contribution in [3.8, 4) is 5.75 Å². The first-order chi connectivity index (χ1) is 14.5. The van der Waals surface area contributed by atoms with Crippen LogP contribution in [0.2, 0.25) is 0 Å². The molecule has 2 aromatic heterocycles. The van der Waals surface area contributed by atoms with Gasteiger partial charge in [0.15, 0.2) is 5.11 Å². The molecule has 0 saturated carbocycles. The standard InChI is InChI=1S/C20H24N8OS/c1-13-9-14(2)25-19(24-13)27-18(22-8-7-16-11-21-12-23-16)28-20(30)26-15-5-4-6-17(10-15)29-3/h4-6,9-12H,7-8H2,1-3H3,(H,21,23)(H3,22,24,25,26,27,28,30). The summed E-state index contributed by atoms with van der Waals surface area (Å²) in [7, 11) is 1.62. The lowest BCUT2D eigenvalue weighted by Gasteiger charge is -2.14. The van der Waals surface area contributed by atoms with Gasteiger partial charge in [-0.2, -0.15) is 0 Å². The van der Waals surface area contributed by atoms with Crippen LogP contribution in [0.15, 0.2) is 47.8 Å². The number of rotatable bonds is 6. The van der Waals surface area contributed by atoms with Crippen LogP contribution in [0.4, 0.5) is 11.6 Å². The molecule has 0 unspecified atom stereocenters. The van der Waals surface area contributed by atoms with E-state index in [1.807, 2.05) is 44.2 Å². The lowest BCUT2D eigenvalue weighted by Crippen LogP contribution is -2.39. The number of hydrogen-bond donors (Lipinski definition) is 4. The molecular weight excluding hydrogens is 400 g/mol. The van der Waals surface area contributed by atoms with Crippen molar-refractivity contribution < 1.29 is 4.74 Å². The van der Waals surface area contributed by atoms with E-state index in [0.29, 0.717) is 30.0 Å². The highest BCUT2D eigenvalue weighted by Gasteiger charge is 2.08. The average molecular weight is 425 g/mol. The van der Waals surface area contributed by atoms with Crippen molar-refractivity contribution in [3.05, 3.63) is 59.9 Å². The number of benzene rings is 1. The number of aromatic nitrogens is 4. The molecule has 1 aromatic carbocycles. The van der Waals surface area contributed by atoms with Crippen LogP contribution in [0.25, 0.3) is 0 Å². The van der Waals surface area contributed by atoms with Gasteiger partial charge < -0.3 is 20.4 Å². The highest BCUT2D eigenvalue weighted by Crippen LogP contribution is 2.16. The Hall–Kier alpha value is -3.53. The summed E-state index contributed by atoms with van der Waals surface area (Å²) >= 11 is 5.45. The van der Waals surface area contributed by atoms with Gasteiger partial charge in [0.25, 0.3) is 0 Å². The van der Waals surface area contributed by atoms with Crippen LogP contribution in [0, 0.1) is 13.8 Å². The number of aryl methyl sites for hydroxylation is 2. The maximum absolute atomic E-state index is 5.45. The van der Waals surface area contributed by atoms with Crippen molar-refractivity contribution in [2.24, 2.45) is 4.99 Å². The fraction of sp³-hybridized carbons (Fsp3) is 0.250. The van der Waals surface area contributed by atoms with Gasteiger partial charge in [0, 0.05) is 48.0 Å². The van der Waals surface area contributed by atoms with Crippen LogP contribution in [0.5, 0.6) is 5.75 Å². The number of H-pyrrole nitrogens is 1. The number of anilines is 2. The summed E-state index contributed by atoms with van der Waals surface area (Å²) in [5.41, 5.74) is 3.52. The summed E-state index contributed by atoms with van der Waals surface area (Å²) in [6, 6.07) is 9.39. The van der Waals surface area contributed by atoms with Crippen LogP contribution >= 0.6 is 12.2 Å². The van der Waals surface area contributed by atoms with Gasteiger partial charge in [-0.3, -0.25) is 10.3 Å². The molecule has 0 saturated heterocycles. The van der Waals surface area contributed by atoms with E-state index in [-0.39, 0.29) is 0 Å². The smallest absolute Gasteiger partial charge is 0.229 e. The molecule has 0 aliphatic heterocycles. The third-order valence-corrected chi connectivity index (χ3v) is 4.18. The Balaban J connectivity index is 1.70. The van der Waals surface area contributed by atoms with Gasteiger partial charge in [-0.15, -0.1) is 0 Å². The number of guanidine groups is 1. The maximum atomic E-state index is 5.45. The van der Waals surface area contributed by atoms with Gasteiger partial charge in [-0.1, -0.05) is 6.07 Å². The van der Waals surface area contributed by atoms with E-state index in [4.69, 9.17) is 17.0 Å². The number of methoxy groups -OCH3 is 1. The minimum absolute atomic E-state index is 0.375. The molecule has 0 spiro atoms. The molecule has 0 bridgehead atoms. The molecule has 9 nitrogen and oxygen atoms in total. The van der Waals surface area contributed by atoms with Gasteiger partial charge in [0.2, 0.25) is 11.9 Å². The number of aliphatic imine (C=N–C) groups is 1. The van der Waals surface area contributed by atoms with Crippen molar-refractivity contribution in [1.82, 2.24) is 25.3 Å². The van der Waals surface area contributed by atoms with E-state index < -0.39 is 0 Å². The van der Waals surface area contributed by atoms with E-state index in [2.05, 4.69) is 40.9 Å². The molecule has 0 radical (unpaired) electrons. The molecule has 0 aliphatic carbocycles. The summed E-state index contributed by atoms with van der Waals surface area (Å²) in [5.74, 6) is 1.63. The first-order valence-corrected chi connectivity index (χ1v) is 9.76. The van der Waals surface area contributed by atoms with Crippen LogP contribution in [0.3, 0.4) is 0 Å². The van der Waals surface area contributed by atoms with Crippen LogP contribution in [0.1, 0.15) is 17.1 Å². The van der Waals surface area contributed by atoms with E-state index >= 15 is 0 Å². The molecule has 10 heteroatoms. The maximum Gasteiger partial charge on any atom is 0.229 e. The molecule has 156 valence electrons. The fourth-order valence-corrected chi connectivity index (χ4v) is 2.89. The van der Waals surface area contributed by atoms with E-state index in [1.54, 1.807) is 19.6 Å². The Morgan fingerprint density at radius 1 is 1.17 bits per heavy atom. The monoisotopic (exact) mass is 424 g/mol. The van der Waals surface area contributed by atoms with Crippen molar-refractivity contribution >= 4 is 34.9 Å². The predicted octanol–water partition coefficient (Wildman–Crippen LogP) is 2.82. The SMILES string of the molecule is COc1cccc(NC(=S)NC(=NCCc2cnc[nH]2)Nc2nc(C)cc(C)n2)c1. The zero-order valence-corrected chi connectivity index (χ0v) is 17.9. The predicted molar refractivity (Wildman–Crippen MR) is 122 cm³/mol. The lowest BCUT2D eigenvalue weighted by molar-refractivity contribution is 0.415. The summed E-state index contributed by atoms with van der Waals surface area (Å²) in [6.07, 6.45) is 4.13. The number of imidazole rings is 1. The van der Waals surface area contributed by atoms with Crippen LogP contribution in [-0.2, 0) is 6.42 Å². The summed E-state index contributed by atoms with van der Waals surface area (Å²) in [5, 5.41) is 9.70. The fourth-order valence-electron chi connectivity index (χ4n) is 2.68. The van der Waals surface area contributed by atoms with Crippen LogP contribution < -0.4 is 20.7 Å². The zero-order chi connectivity index (χ0) is 21.3. The Labute approximate surface area is 180 Å². The Morgan fingerprint density at radius 3 is 2.67 bits per heavy atom. The van der Waals surface area contributed by atoms with E-state index in [9.17, 15) is 0 Å². The average Bonchev–Trinajstić information content (AvgIpc) is 3.20. The van der Waals surface area contributed by atoms with E-state index in [1.165, 1.54) is 0 Å². The van der Waals surface area contributed by atoms with Gasteiger partial charge in [0.1, 0.15) is 5.75 Å². The number of nitrogens with zero attached hydrogens (tertiary/aromatic N) is 4. The van der Waals surface area contributed by atoms with Gasteiger partial charge in [-0.05, 0) is 44.3 Å². The molecule has 0 aliphatic rings. The third-order valence-electron chi connectivity index (χ3n) is 3.98. The second-order valence-electron chi connectivity index (χ2n) is 6.47. The quantitative estimate of drug-likeness (QED) is 0.272.